The molecule has 3 aromatic carbocycles. The van der Waals surface area contributed by atoms with Crippen molar-refractivity contribution in [3.63, 3.8) is 0 Å². The number of guanidine groups is 1. The molecule has 0 atom stereocenters. The van der Waals surface area contributed by atoms with Crippen LogP contribution < -0.4 is 11.5 Å². The van der Waals surface area contributed by atoms with Crippen LogP contribution in [-0.4, -0.2) is 24.1 Å². The highest BCUT2D eigenvalue weighted by Crippen LogP contribution is 2.29. The highest BCUT2D eigenvalue weighted by Gasteiger charge is 2.23. The number of nitrogens with zero attached hydrogens (tertiary/aromatic N) is 3. The van der Waals surface area contributed by atoms with Crippen LogP contribution in [0.5, 0.6) is 0 Å². The second-order valence-corrected chi connectivity index (χ2v) is 9.36. The quantitative estimate of drug-likeness (QED) is 0.251. The summed E-state index contributed by atoms with van der Waals surface area (Å²) in [4.78, 5) is 0.222. The smallest absolute Gasteiger partial charge is 0.268 e. The van der Waals surface area contributed by atoms with Crippen molar-refractivity contribution in [2.24, 2.45) is 21.7 Å². The summed E-state index contributed by atoms with van der Waals surface area (Å²) in [5, 5.41) is 10.7. The van der Waals surface area contributed by atoms with E-state index in [4.69, 9.17) is 11.5 Å². The van der Waals surface area contributed by atoms with E-state index >= 15 is 0 Å². The standard InChI is InChI=1S/C24H25N5O2S/c1-2-3-11-22(27-28-24(25)26)21-16-29(23-12-7-6-10-20(21)23)32(30,31)19-14-13-17-8-4-5-9-18(17)15-19/h4-10,12-16H,2-3,11H2,1H3,(H4,25,26,28)/b27-22-. The van der Waals surface area contributed by atoms with E-state index in [-0.39, 0.29) is 10.9 Å². The Hall–Kier alpha value is -3.65. The van der Waals surface area contributed by atoms with Crippen molar-refractivity contribution in [1.82, 2.24) is 3.97 Å². The number of hydrogen-bond acceptors (Lipinski definition) is 4. The third kappa shape index (κ3) is 4.09. The van der Waals surface area contributed by atoms with Gasteiger partial charge < -0.3 is 11.5 Å². The molecule has 164 valence electrons. The van der Waals surface area contributed by atoms with Gasteiger partial charge in [0.1, 0.15) is 0 Å². The van der Waals surface area contributed by atoms with E-state index in [0.717, 1.165) is 29.0 Å². The Kier molecular flexibility index (Phi) is 5.96. The van der Waals surface area contributed by atoms with Crippen LogP contribution in [0.15, 0.2) is 88.0 Å². The van der Waals surface area contributed by atoms with E-state index in [9.17, 15) is 8.42 Å². The van der Waals surface area contributed by atoms with Crippen molar-refractivity contribution in [3.05, 3.63) is 78.5 Å². The highest BCUT2D eigenvalue weighted by molar-refractivity contribution is 7.90. The molecule has 0 fully saturated rings. The van der Waals surface area contributed by atoms with Crippen molar-refractivity contribution in [1.29, 1.82) is 0 Å². The Morgan fingerprint density at radius 3 is 2.41 bits per heavy atom. The van der Waals surface area contributed by atoms with Crippen LogP contribution in [0.2, 0.25) is 0 Å². The molecule has 4 N–H and O–H groups in total. The van der Waals surface area contributed by atoms with Crippen LogP contribution in [0.3, 0.4) is 0 Å². The topological polar surface area (TPSA) is 116 Å². The second kappa shape index (κ2) is 8.84. The zero-order valence-electron chi connectivity index (χ0n) is 17.8. The van der Waals surface area contributed by atoms with Gasteiger partial charge in [-0.1, -0.05) is 61.9 Å². The van der Waals surface area contributed by atoms with Crippen LogP contribution in [0.4, 0.5) is 0 Å². The first-order valence-corrected chi connectivity index (χ1v) is 11.9. The molecule has 0 aliphatic carbocycles. The molecule has 0 spiro atoms. The Balaban J connectivity index is 1.91. The van der Waals surface area contributed by atoms with E-state index in [2.05, 4.69) is 17.1 Å². The monoisotopic (exact) mass is 447 g/mol. The number of hydrogen-bond donors (Lipinski definition) is 2. The van der Waals surface area contributed by atoms with E-state index in [1.54, 1.807) is 24.4 Å². The first kappa shape index (κ1) is 21.6. The van der Waals surface area contributed by atoms with Crippen molar-refractivity contribution in [2.75, 3.05) is 0 Å². The molecule has 0 amide bonds. The zero-order valence-corrected chi connectivity index (χ0v) is 18.6. The average molecular weight is 448 g/mol. The summed E-state index contributed by atoms with van der Waals surface area (Å²) >= 11 is 0. The molecule has 0 saturated heterocycles. The SMILES string of the molecule is CCCC/C(=N/N=C(N)N)c1cn(S(=O)(=O)c2ccc3ccccc3c2)c2ccccc12. The van der Waals surface area contributed by atoms with Gasteiger partial charge in [-0.05, 0) is 41.8 Å². The fraction of sp³-hybridized carbons (Fsp3) is 0.167. The van der Waals surface area contributed by atoms with Crippen molar-refractivity contribution in [2.45, 2.75) is 31.1 Å². The number of nitrogens with two attached hydrogens (primary N) is 2. The van der Waals surface area contributed by atoms with Crippen molar-refractivity contribution in [3.8, 4) is 0 Å². The Labute approximate surface area is 187 Å². The summed E-state index contributed by atoms with van der Waals surface area (Å²) in [5.41, 5.74) is 12.9. The summed E-state index contributed by atoms with van der Waals surface area (Å²) in [6.45, 7) is 2.08. The maximum Gasteiger partial charge on any atom is 0.268 e. The van der Waals surface area contributed by atoms with Crippen LogP contribution in [0, 0.1) is 0 Å². The summed E-state index contributed by atoms with van der Waals surface area (Å²) in [6.07, 6.45) is 4.06. The van der Waals surface area contributed by atoms with Gasteiger partial charge in [0.15, 0.2) is 0 Å². The molecule has 7 nitrogen and oxygen atoms in total. The molecule has 0 bridgehead atoms. The fourth-order valence-electron chi connectivity index (χ4n) is 3.72. The number of aromatic nitrogens is 1. The third-order valence-electron chi connectivity index (χ3n) is 5.32. The summed E-state index contributed by atoms with van der Waals surface area (Å²) in [7, 11) is -3.85. The minimum absolute atomic E-state index is 0.147. The molecular formula is C24H25N5O2S. The predicted molar refractivity (Wildman–Crippen MR) is 130 cm³/mol. The lowest BCUT2D eigenvalue weighted by molar-refractivity contribution is 0.589. The first-order chi connectivity index (χ1) is 15.4. The number of fused-ring (bicyclic) bond motifs is 2. The Morgan fingerprint density at radius 1 is 0.938 bits per heavy atom. The van der Waals surface area contributed by atoms with Gasteiger partial charge in [-0.2, -0.15) is 5.10 Å². The summed E-state index contributed by atoms with van der Waals surface area (Å²) < 4.78 is 28.6. The van der Waals surface area contributed by atoms with Gasteiger partial charge in [-0.3, -0.25) is 0 Å². The summed E-state index contributed by atoms with van der Waals surface area (Å²) in [5.74, 6) is -0.147. The number of benzene rings is 3. The molecule has 0 aliphatic rings. The zero-order chi connectivity index (χ0) is 22.7. The number of rotatable bonds is 7. The van der Waals surface area contributed by atoms with E-state index < -0.39 is 10.0 Å². The second-order valence-electron chi connectivity index (χ2n) is 7.54. The van der Waals surface area contributed by atoms with Gasteiger partial charge in [0.2, 0.25) is 5.96 Å². The molecule has 0 radical (unpaired) electrons. The molecule has 32 heavy (non-hydrogen) atoms. The third-order valence-corrected chi connectivity index (χ3v) is 6.99. The first-order valence-electron chi connectivity index (χ1n) is 10.4. The minimum atomic E-state index is -3.85. The van der Waals surface area contributed by atoms with Crippen molar-refractivity contribution < 1.29 is 8.42 Å². The molecule has 8 heteroatoms. The van der Waals surface area contributed by atoms with Gasteiger partial charge in [0.05, 0.1) is 16.1 Å². The lowest BCUT2D eigenvalue weighted by Gasteiger charge is -2.08. The number of para-hydroxylation sites is 1. The van der Waals surface area contributed by atoms with E-state index in [1.807, 2.05) is 48.5 Å². The minimum Gasteiger partial charge on any atom is -0.369 e. The lowest BCUT2D eigenvalue weighted by Crippen LogP contribution is -2.22. The molecule has 1 heterocycles. The van der Waals surface area contributed by atoms with Gasteiger partial charge in [0, 0.05) is 17.1 Å². The average Bonchev–Trinajstić information content (AvgIpc) is 3.19. The molecule has 4 rings (SSSR count). The molecule has 4 aromatic rings. The molecular weight excluding hydrogens is 422 g/mol. The Bertz CT molecular complexity index is 1450. The van der Waals surface area contributed by atoms with Crippen LogP contribution in [-0.2, 0) is 10.0 Å². The Morgan fingerprint density at radius 2 is 1.66 bits per heavy atom. The highest BCUT2D eigenvalue weighted by atomic mass is 32.2. The normalized spacial score (nSPS) is 12.3. The molecule has 0 aliphatic heterocycles. The van der Waals surface area contributed by atoms with E-state index in [0.29, 0.717) is 23.2 Å². The van der Waals surface area contributed by atoms with Crippen LogP contribution in [0.25, 0.3) is 21.7 Å². The number of unbranched alkanes of at least 4 members (excludes halogenated alkanes) is 1. The summed E-state index contributed by atoms with van der Waals surface area (Å²) in [6, 6.07) is 20.2. The molecule has 0 saturated carbocycles. The molecule has 1 aromatic heterocycles. The van der Waals surface area contributed by atoms with Crippen LogP contribution >= 0.6 is 0 Å². The van der Waals surface area contributed by atoms with E-state index in [1.165, 1.54) is 3.97 Å². The lowest BCUT2D eigenvalue weighted by atomic mass is 10.0. The largest absolute Gasteiger partial charge is 0.369 e. The fourth-order valence-corrected chi connectivity index (χ4v) is 5.13. The van der Waals surface area contributed by atoms with Gasteiger partial charge in [-0.15, -0.1) is 5.10 Å². The van der Waals surface area contributed by atoms with Gasteiger partial charge >= 0.3 is 0 Å². The molecule has 0 unspecified atom stereocenters. The predicted octanol–water partition coefficient (Wildman–Crippen LogP) is 4.20. The van der Waals surface area contributed by atoms with Gasteiger partial charge in [-0.25, -0.2) is 12.4 Å². The van der Waals surface area contributed by atoms with Gasteiger partial charge in [0.25, 0.3) is 10.0 Å². The maximum atomic E-state index is 13.7. The van der Waals surface area contributed by atoms with Crippen LogP contribution in [0.1, 0.15) is 31.7 Å². The van der Waals surface area contributed by atoms with Crippen molar-refractivity contribution >= 4 is 43.4 Å². The maximum absolute atomic E-state index is 13.7.